The summed E-state index contributed by atoms with van der Waals surface area (Å²) < 4.78 is 43.2. The zero-order valence-electron chi connectivity index (χ0n) is 17.6. The fourth-order valence-corrected chi connectivity index (χ4v) is 3.98. The van der Waals surface area contributed by atoms with Crippen LogP contribution < -0.4 is 0 Å². The molecule has 0 bridgehead atoms. The van der Waals surface area contributed by atoms with E-state index in [2.05, 4.69) is 15.1 Å². The second kappa shape index (κ2) is 9.64. The molecule has 1 aliphatic heterocycles. The van der Waals surface area contributed by atoms with Gasteiger partial charge >= 0.3 is 12.1 Å². The molecule has 0 saturated carbocycles. The highest BCUT2D eigenvalue weighted by molar-refractivity contribution is 5.70. The molecule has 2 aromatic rings. The molecule has 1 atom stereocenters. The maximum Gasteiger partial charge on any atom is 0.416 e. The van der Waals surface area contributed by atoms with Crippen molar-refractivity contribution in [2.45, 2.75) is 38.8 Å². The summed E-state index contributed by atoms with van der Waals surface area (Å²) in [6, 6.07) is 4.71. The number of hydrogen-bond acceptors (Lipinski definition) is 6. The zero-order valence-corrected chi connectivity index (χ0v) is 17.6. The highest BCUT2D eigenvalue weighted by Gasteiger charge is 2.31. The Balaban J connectivity index is 1.68. The van der Waals surface area contributed by atoms with E-state index in [1.54, 1.807) is 6.92 Å². The number of halogens is 3. The minimum Gasteiger partial charge on any atom is -0.507 e. The molecule has 6 nitrogen and oxygen atoms in total. The van der Waals surface area contributed by atoms with Gasteiger partial charge < -0.3 is 14.7 Å². The molecule has 0 unspecified atom stereocenters. The van der Waals surface area contributed by atoms with Crippen molar-refractivity contribution in [1.29, 1.82) is 0 Å². The molecule has 0 radical (unpaired) electrons. The smallest absolute Gasteiger partial charge is 0.416 e. The van der Waals surface area contributed by atoms with Crippen LogP contribution in [0, 0.1) is 12.8 Å². The van der Waals surface area contributed by atoms with Crippen molar-refractivity contribution in [3.05, 3.63) is 41.1 Å². The minimum atomic E-state index is -4.52. The van der Waals surface area contributed by atoms with E-state index in [0.29, 0.717) is 30.6 Å². The van der Waals surface area contributed by atoms with Crippen LogP contribution in [0.1, 0.15) is 36.1 Å². The van der Waals surface area contributed by atoms with Crippen LogP contribution in [-0.4, -0.2) is 52.9 Å². The van der Waals surface area contributed by atoms with Crippen LogP contribution in [0.4, 0.5) is 13.2 Å². The quantitative estimate of drug-likeness (QED) is 0.689. The predicted octanol–water partition coefficient (Wildman–Crippen LogP) is 3.99. The Hall–Kier alpha value is -2.68. The van der Waals surface area contributed by atoms with Crippen LogP contribution in [0.15, 0.2) is 24.3 Å². The van der Waals surface area contributed by atoms with Crippen molar-refractivity contribution in [3.63, 3.8) is 0 Å². The van der Waals surface area contributed by atoms with Gasteiger partial charge in [-0.2, -0.15) is 18.3 Å². The van der Waals surface area contributed by atoms with E-state index in [-0.39, 0.29) is 11.5 Å². The molecule has 1 aromatic heterocycles. The minimum absolute atomic E-state index is 0.217. The lowest BCUT2D eigenvalue weighted by Crippen LogP contribution is -2.37. The van der Waals surface area contributed by atoms with Gasteiger partial charge in [0.15, 0.2) is 0 Å². The maximum atomic E-state index is 12.8. The van der Waals surface area contributed by atoms with Crippen LogP contribution in [0.25, 0.3) is 11.3 Å². The number of hydrogen-bond donors (Lipinski definition) is 1. The molecule has 1 fully saturated rings. The Bertz CT molecular complexity index is 934. The molecule has 1 aromatic carbocycles. The molecule has 0 amide bonds. The van der Waals surface area contributed by atoms with Gasteiger partial charge in [-0.3, -0.25) is 4.79 Å². The largest absolute Gasteiger partial charge is 0.507 e. The average Bonchev–Trinajstić information content (AvgIpc) is 2.72. The first-order valence-corrected chi connectivity index (χ1v) is 10.2. The monoisotopic (exact) mass is 437 g/mol. The van der Waals surface area contributed by atoms with Crippen molar-refractivity contribution in [3.8, 4) is 17.0 Å². The van der Waals surface area contributed by atoms with Gasteiger partial charge in [0.25, 0.3) is 0 Å². The lowest BCUT2D eigenvalue weighted by atomic mass is 9.92. The number of carbonyl (C=O) groups excluding carboxylic acids is 1. The zero-order chi connectivity index (χ0) is 22.6. The SMILES string of the molecule is COC(=O)CCN1CCC[C@@H](Cc2cc(C)c(-c3ccc(C(F)(F)F)cc3O)nn2)C1. The van der Waals surface area contributed by atoms with E-state index >= 15 is 0 Å². The van der Waals surface area contributed by atoms with Crippen molar-refractivity contribution in [1.82, 2.24) is 15.1 Å². The summed E-state index contributed by atoms with van der Waals surface area (Å²) in [5.41, 5.74) is 1.20. The Morgan fingerprint density at radius 3 is 2.71 bits per heavy atom. The topological polar surface area (TPSA) is 75.5 Å². The number of esters is 1. The molecule has 3 rings (SSSR count). The number of benzene rings is 1. The van der Waals surface area contributed by atoms with Crippen molar-refractivity contribution >= 4 is 5.97 Å². The lowest BCUT2D eigenvalue weighted by Gasteiger charge is -2.32. The predicted molar refractivity (Wildman–Crippen MR) is 108 cm³/mol. The van der Waals surface area contributed by atoms with Crippen LogP contribution >= 0.6 is 0 Å². The number of aromatic hydroxyl groups is 1. The van der Waals surface area contributed by atoms with Crippen LogP contribution in [-0.2, 0) is 22.1 Å². The molecule has 1 saturated heterocycles. The number of methoxy groups -OCH3 is 1. The summed E-state index contributed by atoms with van der Waals surface area (Å²) in [4.78, 5) is 13.6. The van der Waals surface area contributed by atoms with Gasteiger partial charge in [-0.1, -0.05) is 0 Å². The molecule has 0 aliphatic carbocycles. The van der Waals surface area contributed by atoms with E-state index in [4.69, 9.17) is 4.74 Å². The third kappa shape index (κ3) is 5.94. The molecule has 9 heteroatoms. The summed E-state index contributed by atoms with van der Waals surface area (Å²) >= 11 is 0. The van der Waals surface area contributed by atoms with E-state index in [9.17, 15) is 23.1 Å². The number of phenols is 1. The van der Waals surface area contributed by atoms with Gasteiger partial charge in [0, 0.05) is 18.7 Å². The van der Waals surface area contributed by atoms with Crippen LogP contribution in [0.2, 0.25) is 0 Å². The van der Waals surface area contributed by atoms with Gasteiger partial charge in [-0.05, 0) is 68.5 Å². The highest BCUT2D eigenvalue weighted by Crippen LogP contribution is 2.36. The molecule has 31 heavy (non-hydrogen) atoms. The molecular formula is C22H26F3N3O3. The molecule has 168 valence electrons. The molecular weight excluding hydrogens is 411 g/mol. The number of likely N-dealkylation sites (tertiary alicyclic amines) is 1. The second-order valence-electron chi connectivity index (χ2n) is 7.94. The first-order chi connectivity index (χ1) is 14.7. The first-order valence-electron chi connectivity index (χ1n) is 10.2. The number of alkyl halides is 3. The third-order valence-electron chi connectivity index (χ3n) is 5.58. The number of rotatable bonds is 6. The second-order valence-corrected chi connectivity index (χ2v) is 7.94. The van der Waals surface area contributed by atoms with Gasteiger partial charge in [-0.25, -0.2) is 0 Å². The molecule has 1 aliphatic rings. The summed E-state index contributed by atoms with van der Waals surface area (Å²) in [5, 5.41) is 18.5. The Morgan fingerprint density at radius 1 is 1.29 bits per heavy atom. The normalized spacial score (nSPS) is 17.5. The highest BCUT2D eigenvalue weighted by atomic mass is 19.4. The Labute approximate surface area is 179 Å². The van der Waals surface area contributed by atoms with Gasteiger partial charge in [0.2, 0.25) is 0 Å². The summed E-state index contributed by atoms with van der Waals surface area (Å²) in [6.07, 6.45) is -1.34. The summed E-state index contributed by atoms with van der Waals surface area (Å²) in [7, 11) is 1.39. The van der Waals surface area contributed by atoms with Crippen LogP contribution in [0.3, 0.4) is 0 Å². The van der Waals surface area contributed by atoms with E-state index in [0.717, 1.165) is 49.7 Å². The fraction of sp³-hybridized carbons (Fsp3) is 0.500. The average molecular weight is 437 g/mol. The molecule has 0 spiro atoms. The maximum absolute atomic E-state index is 12.8. The van der Waals surface area contributed by atoms with Crippen molar-refractivity contribution in [2.24, 2.45) is 5.92 Å². The number of aromatic nitrogens is 2. The Morgan fingerprint density at radius 2 is 2.06 bits per heavy atom. The first kappa shape index (κ1) is 23.0. The molecule has 1 N–H and O–H groups in total. The summed E-state index contributed by atoms with van der Waals surface area (Å²) in [5.74, 6) is -0.315. The molecule has 2 heterocycles. The number of piperidine rings is 1. The Kier molecular flexibility index (Phi) is 7.15. The van der Waals surface area contributed by atoms with Gasteiger partial charge in [-0.15, -0.1) is 5.10 Å². The number of phenolic OH excluding ortho intramolecular Hbond substituents is 1. The summed E-state index contributed by atoms with van der Waals surface area (Å²) in [6.45, 7) is 4.28. The number of carbonyl (C=O) groups is 1. The van der Waals surface area contributed by atoms with Crippen molar-refractivity contribution in [2.75, 3.05) is 26.7 Å². The van der Waals surface area contributed by atoms with E-state index < -0.39 is 17.5 Å². The standard InChI is InChI=1S/C22H26F3N3O3/c1-14-10-17(11-15-4-3-8-28(13-15)9-7-20(30)31-2)26-27-21(14)18-6-5-16(12-19(18)29)22(23,24)25/h5-6,10,12,15,29H,3-4,7-9,11,13H2,1-2H3/t15-/m0/s1. The van der Waals surface area contributed by atoms with Gasteiger partial charge in [0.05, 0.1) is 30.5 Å². The number of nitrogens with zero attached hydrogens (tertiary/aromatic N) is 3. The van der Waals surface area contributed by atoms with Crippen molar-refractivity contribution < 1.29 is 27.8 Å². The third-order valence-corrected chi connectivity index (χ3v) is 5.58. The number of ether oxygens (including phenoxy) is 1. The van der Waals surface area contributed by atoms with Gasteiger partial charge in [0.1, 0.15) is 5.75 Å². The fourth-order valence-electron chi connectivity index (χ4n) is 3.98. The van der Waals surface area contributed by atoms with E-state index in [1.165, 1.54) is 13.2 Å². The number of aryl methyl sites for hydroxylation is 1. The van der Waals surface area contributed by atoms with Crippen LogP contribution in [0.5, 0.6) is 5.75 Å². The van der Waals surface area contributed by atoms with E-state index in [1.807, 2.05) is 6.07 Å². The lowest BCUT2D eigenvalue weighted by molar-refractivity contribution is -0.141.